The maximum absolute atomic E-state index is 12.7. The van der Waals surface area contributed by atoms with E-state index in [1.165, 1.54) is 0 Å². The summed E-state index contributed by atoms with van der Waals surface area (Å²) < 4.78 is 28.0. The first kappa shape index (κ1) is 21.4. The van der Waals surface area contributed by atoms with Gasteiger partial charge in [-0.15, -0.1) is 0 Å². The highest BCUT2D eigenvalue weighted by Crippen LogP contribution is 2.48. The zero-order chi connectivity index (χ0) is 21.4. The average Bonchev–Trinajstić information content (AvgIpc) is 3.43. The molecule has 2 aromatic carbocycles. The molecule has 1 fully saturated rings. The Morgan fingerprint density at radius 2 is 1.52 bits per heavy atom. The lowest BCUT2D eigenvalue weighted by molar-refractivity contribution is -0.124. The second kappa shape index (κ2) is 7.48. The molecule has 29 heavy (non-hydrogen) atoms. The fourth-order valence-electron chi connectivity index (χ4n) is 3.38. The molecule has 0 atom stereocenters. The highest BCUT2D eigenvalue weighted by molar-refractivity contribution is 7.92. The molecule has 0 bridgehead atoms. The Labute approximate surface area is 174 Å². The van der Waals surface area contributed by atoms with Crippen LogP contribution in [0.3, 0.4) is 0 Å². The molecule has 1 saturated carbocycles. The van der Waals surface area contributed by atoms with Gasteiger partial charge in [0.05, 0.1) is 10.3 Å². The van der Waals surface area contributed by atoms with Crippen molar-refractivity contribution in [2.45, 2.75) is 69.2 Å². The van der Waals surface area contributed by atoms with Crippen molar-refractivity contribution in [2.75, 3.05) is 4.72 Å². The van der Waals surface area contributed by atoms with Crippen LogP contribution in [0, 0.1) is 0 Å². The highest BCUT2D eigenvalue weighted by atomic mass is 32.2. The molecule has 0 radical (unpaired) electrons. The largest absolute Gasteiger partial charge is 0.353 e. The molecule has 1 aliphatic carbocycles. The van der Waals surface area contributed by atoms with Crippen molar-refractivity contribution < 1.29 is 13.2 Å². The lowest BCUT2D eigenvalue weighted by Crippen LogP contribution is -2.38. The quantitative estimate of drug-likeness (QED) is 0.738. The van der Waals surface area contributed by atoms with Crippen LogP contribution < -0.4 is 10.0 Å². The van der Waals surface area contributed by atoms with E-state index in [0.717, 1.165) is 24.0 Å². The number of nitrogens with one attached hydrogen (secondary N) is 2. The predicted molar refractivity (Wildman–Crippen MR) is 117 cm³/mol. The fourth-order valence-corrected chi connectivity index (χ4v) is 4.44. The van der Waals surface area contributed by atoms with Gasteiger partial charge in [0.2, 0.25) is 5.91 Å². The van der Waals surface area contributed by atoms with E-state index >= 15 is 0 Å². The fraction of sp³-hybridized carbons (Fsp3) is 0.435. The normalized spacial score (nSPS) is 15.8. The molecule has 0 spiro atoms. The third kappa shape index (κ3) is 4.64. The molecule has 2 N–H and O–H groups in total. The van der Waals surface area contributed by atoms with E-state index in [1.807, 2.05) is 38.1 Å². The third-order valence-electron chi connectivity index (χ3n) is 5.32. The number of sulfonamides is 1. The summed E-state index contributed by atoms with van der Waals surface area (Å²) in [5.74, 6) is 0.0415. The topological polar surface area (TPSA) is 75.3 Å². The van der Waals surface area contributed by atoms with Crippen LogP contribution in [0.2, 0.25) is 0 Å². The first-order chi connectivity index (χ1) is 13.4. The van der Waals surface area contributed by atoms with E-state index in [0.29, 0.717) is 5.69 Å². The Hall–Kier alpha value is -2.34. The molecule has 1 amide bonds. The molecule has 0 heterocycles. The van der Waals surface area contributed by atoms with E-state index in [9.17, 15) is 13.2 Å². The van der Waals surface area contributed by atoms with Gasteiger partial charge in [-0.05, 0) is 67.5 Å². The zero-order valence-corrected chi connectivity index (χ0v) is 18.6. The number of carbonyl (C=O) groups is 1. The Kier molecular flexibility index (Phi) is 5.52. The van der Waals surface area contributed by atoms with Gasteiger partial charge in [0, 0.05) is 11.7 Å². The lowest BCUT2D eigenvalue weighted by Gasteiger charge is -2.19. The van der Waals surface area contributed by atoms with Gasteiger partial charge in [-0.2, -0.15) is 0 Å². The van der Waals surface area contributed by atoms with Crippen molar-refractivity contribution in [3.8, 4) is 0 Å². The molecule has 0 aliphatic heterocycles. The monoisotopic (exact) mass is 414 g/mol. The minimum Gasteiger partial charge on any atom is -0.353 e. The van der Waals surface area contributed by atoms with Crippen LogP contribution >= 0.6 is 0 Å². The summed E-state index contributed by atoms with van der Waals surface area (Å²) in [6.07, 6.45) is 1.63. The Morgan fingerprint density at radius 1 is 0.966 bits per heavy atom. The van der Waals surface area contributed by atoms with Gasteiger partial charge in [-0.25, -0.2) is 8.42 Å². The number of carbonyl (C=O) groups excluding carboxylic acids is 1. The van der Waals surface area contributed by atoms with Crippen molar-refractivity contribution in [3.63, 3.8) is 0 Å². The standard InChI is InChI=1S/C23H30N2O3S/c1-16(2)24-21(26)23(14-15-23)18-6-10-19(11-7-18)25-29(27,28)20-12-8-17(9-13-20)22(3,4)5/h6-13,16,25H,14-15H2,1-5H3,(H,24,26). The molecule has 156 valence electrons. The minimum absolute atomic E-state index is 0.0355. The number of anilines is 1. The summed E-state index contributed by atoms with van der Waals surface area (Å²) in [4.78, 5) is 12.7. The van der Waals surface area contributed by atoms with E-state index in [1.54, 1.807) is 24.3 Å². The van der Waals surface area contributed by atoms with Crippen molar-refractivity contribution >= 4 is 21.6 Å². The molecule has 0 unspecified atom stereocenters. The molecule has 3 rings (SSSR count). The van der Waals surface area contributed by atoms with Gasteiger partial charge in [-0.3, -0.25) is 9.52 Å². The SMILES string of the molecule is CC(C)NC(=O)C1(c2ccc(NS(=O)(=O)c3ccc(C(C)(C)C)cc3)cc2)CC1. The van der Waals surface area contributed by atoms with E-state index in [-0.39, 0.29) is 22.3 Å². The summed E-state index contributed by atoms with van der Waals surface area (Å²) in [5.41, 5.74) is 1.98. The van der Waals surface area contributed by atoms with Crippen LogP contribution in [0.15, 0.2) is 53.4 Å². The Bertz CT molecular complexity index is 982. The van der Waals surface area contributed by atoms with Gasteiger partial charge >= 0.3 is 0 Å². The minimum atomic E-state index is -3.67. The Balaban J connectivity index is 1.75. The van der Waals surface area contributed by atoms with Gasteiger partial charge < -0.3 is 5.32 Å². The predicted octanol–water partition coefficient (Wildman–Crippen LogP) is 4.34. The summed E-state index contributed by atoms with van der Waals surface area (Å²) >= 11 is 0. The summed E-state index contributed by atoms with van der Waals surface area (Å²) in [5, 5.41) is 2.98. The van der Waals surface area contributed by atoms with Crippen LogP contribution in [0.5, 0.6) is 0 Å². The Morgan fingerprint density at radius 3 is 1.97 bits per heavy atom. The number of amides is 1. The van der Waals surface area contributed by atoms with Crippen LogP contribution in [0.25, 0.3) is 0 Å². The van der Waals surface area contributed by atoms with E-state index < -0.39 is 15.4 Å². The highest BCUT2D eigenvalue weighted by Gasteiger charge is 2.51. The molecule has 1 aliphatic rings. The lowest BCUT2D eigenvalue weighted by atomic mass is 9.87. The van der Waals surface area contributed by atoms with Gasteiger partial charge in [-0.1, -0.05) is 45.0 Å². The third-order valence-corrected chi connectivity index (χ3v) is 6.72. The second-order valence-corrected chi connectivity index (χ2v) is 10.8. The first-order valence-corrected chi connectivity index (χ1v) is 11.5. The molecule has 2 aromatic rings. The zero-order valence-electron chi connectivity index (χ0n) is 17.7. The van der Waals surface area contributed by atoms with Crippen molar-refractivity contribution in [3.05, 3.63) is 59.7 Å². The maximum Gasteiger partial charge on any atom is 0.261 e. The van der Waals surface area contributed by atoms with Gasteiger partial charge in [0.25, 0.3) is 10.0 Å². The van der Waals surface area contributed by atoms with Crippen molar-refractivity contribution in [1.82, 2.24) is 5.32 Å². The molecule has 0 aromatic heterocycles. The summed E-state index contributed by atoms with van der Waals surface area (Å²) in [7, 11) is -3.67. The molecule has 0 saturated heterocycles. The van der Waals surface area contributed by atoms with E-state index in [4.69, 9.17) is 0 Å². The van der Waals surface area contributed by atoms with Crippen LogP contribution in [0.4, 0.5) is 5.69 Å². The number of rotatable bonds is 6. The molecular weight excluding hydrogens is 384 g/mol. The smallest absolute Gasteiger partial charge is 0.261 e. The van der Waals surface area contributed by atoms with Gasteiger partial charge in [0.1, 0.15) is 0 Å². The van der Waals surface area contributed by atoms with Crippen LogP contribution in [-0.4, -0.2) is 20.4 Å². The summed E-state index contributed by atoms with van der Waals surface area (Å²) in [6, 6.07) is 14.2. The molecular formula is C23H30N2O3S. The first-order valence-electron chi connectivity index (χ1n) is 9.99. The number of hydrogen-bond acceptors (Lipinski definition) is 3. The number of benzene rings is 2. The van der Waals surface area contributed by atoms with Crippen molar-refractivity contribution in [1.29, 1.82) is 0 Å². The van der Waals surface area contributed by atoms with Crippen molar-refractivity contribution in [2.24, 2.45) is 0 Å². The second-order valence-electron chi connectivity index (χ2n) is 9.17. The number of hydrogen-bond donors (Lipinski definition) is 2. The maximum atomic E-state index is 12.7. The molecule has 5 nitrogen and oxygen atoms in total. The van der Waals surface area contributed by atoms with Crippen LogP contribution in [-0.2, 0) is 25.6 Å². The van der Waals surface area contributed by atoms with Crippen LogP contribution in [0.1, 0.15) is 58.6 Å². The average molecular weight is 415 g/mol. The summed E-state index contributed by atoms with van der Waals surface area (Å²) in [6.45, 7) is 10.2. The van der Waals surface area contributed by atoms with E-state index in [2.05, 4.69) is 30.8 Å². The van der Waals surface area contributed by atoms with Gasteiger partial charge in [0.15, 0.2) is 0 Å². The molecule has 6 heteroatoms.